The molecule has 7 heteroatoms. The minimum atomic E-state index is -1.01. The average molecular weight is 384 g/mol. The van der Waals surface area contributed by atoms with Crippen LogP contribution in [-0.4, -0.2) is 59.5 Å². The second kappa shape index (κ2) is 11.7. The number of nitrogens with zero attached hydrogens (tertiary/aromatic N) is 1. The van der Waals surface area contributed by atoms with Crippen molar-refractivity contribution < 1.29 is 19.5 Å². The smallest absolute Gasteiger partial charge is 0.331 e. The van der Waals surface area contributed by atoms with E-state index in [4.69, 9.17) is 5.11 Å². The van der Waals surface area contributed by atoms with Crippen molar-refractivity contribution in [1.82, 2.24) is 15.5 Å². The Morgan fingerprint density at radius 3 is 2.11 bits per heavy atom. The molecule has 0 spiro atoms. The minimum absolute atomic E-state index is 0.0916. The zero-order chi connectivity index (χ0) is 21.2. The lowest BCUT2D eigenvalue weighted by Gasteiger charge is -2.35. The number of carbonyl (C=O) groups is 3. The van der Waals surface area contributed by atoms with E-state index >= 15 is 0 Å². The van der Waals surface area contributed by atoms with Gasteiger partial charge in [-0.1, -0.05) is 40.7 Å². The first-order chi connectivity index (χ1) is 12.6. The van der Waals surface area contributed by atoms with Gasteiger partial charge in [-0.3, -0.25) is 9.59 Å². The van der Waals surface area contributed by atoms with Gasteiger partial charge in [0.05, 0.1) is 5.54 Å². The summed E-state index contributed by atoms with van der Waals surface area (Å²) < 4.78 is 0. The Hall–Kier alpha value is -1.89. The molecular weight excluding hydrogens is 346 g/mol. The molecule has 0 aromatic heterocycles. The molecule has 0 heterocycles. The van der Waals surface area contributed by atoms with Crippen LogP contribution >= 0.6 is 0 Å². The first kappa shape index (κ1) is 25.1. The lowest BCUT2D eigenvalue weighted by molar-refractivity contribution is -0.138. The summed E-state index contributed by atoms with van der Waals surface area (Å²) in [6.45, 7) is 12.1. The molecule has 0 saturated carbocycles. The fourth-order valence-corrected chi connectivity index (χ4v) is 2.75. The number of nitrogens with one attached hydrogen (secondary N) is 2. The lowest BCUT2D eigenvalue weighted by atomic mass is 9.90. The highest BCUT2D eigenvalue weighted by molar-refractivity contribution is 5.92. The van der Waals surface area contributed by atoms with E-state index in [9.17, 15) is 14.4 Å². The minimum Gasteiger partial charge on any atom is -0.478 e. The quantitative estimate of drug-likeness (QED) is 0.449. The van der Waals surface area contributed by atoms with E-state index < -0.39 is 17.6 Å². The van der Waals surface area contributed by atoms with Crippen LogP contribution in [0.3, 0.4) is 0 Å². The molecule has 0 bridgehead atoms. The molecule has 0 aliphatic carbocycles. The van der Waals surface area contributed by atoms with Gasteiger partial charge in [-0.2, -0.15) is 0 Å². The molecule has 0 aromatic carbocycles. The SMILES string of the molecule is CCCNC(CC)(CC)C(=O)NC(C(=O)N(C)C/C=C(\C)C(=O)O)C(C)C. The molecule has 0 saturated heterocycles. The van der Waals surface area contributed by atoms with Crippen molar-refractivity contribution >= 4 is 17.8 Å². The Morgan fingerprint density at radius 1 is 1.15 bits per heavy atom. The van der Waals surface area contributed by atoms with Gasteiger partial charge in [0, 0.05) is 19.2 Å². The third-order valence-electron chi connectivity index (χ3n) is 4.96. The van der Waals surface area contributed by atoms with Crippen molar-refractivity contribution in [3.8, 4) is 0 Å². The van der Waals surface area contributed by atoms with E-state index in [1.807, 2.05) is 34.6 Å². The van der Waals surface area contributed by atoms with Gasteiger partial charge in [-0.05, 0) is 38.6 Å². The van der Waals surface area contributed by atoms with Gasteiger partial charge in [0.2, 0.25) is 11.8 Å². The van der Waals surface area contributed by atoms with Crippen LogP contribution in [0, 0.1) is 5.92 Å². The third kappa shape index (κ3) is 7.33. The lowest BCUT2D eigenvalue weighted by Crippen LogP contribution is -2.61. The summed E-state index contributed by atoms with van der Waals surface area (Å²) in [7, 11) is 1.61. The molecule has 0 fully saturated rings. The number of carboxylic acid groups (broad SMARTS) is 1. The van der Waals surface area contributed by atoms with Gasteiger partial charge in [-0.15, -0.1) is 0 Å². The van der Waals surface area contributed by atoms with Crippen molar-refractivity contribution in [3.63, 3.8) is 0 Å². The molecule has 1 atom stereocenters. The second-order valence-corrected chi connectivity index (χ2v) is 7.32. The third-order valence-corrected chi connectivity index (χ3v) is 4.96. The molecule has 0 aliphatic heterocycles. The Balaban J connectivity index is 5.31. The molecule has 27 heavy (non-hydrogen) atoms. The molecular formula is C20H37N3O4. The number of rotatable bonds is 12. The van der Waals surface area contributed by atoms with Gasteiger partial charge in [-0.25, -0.2) is 4.79 Å². The maximum atomic E-state index is 13.0. The topological polar surface area (TPSA) is 98.7 Å². The summed E-state index contributed by atoms with van der Waals surface area (Å²) in [6.07, 6.45) is 3.67. The molecule has 0 aliphatic rings. The van der Waals surface area contributed by atoms with Gasteiger partial charge in [0.15, 0.2) is 0 Å². The van der Waals surface area contributed by atoms with Crippen molar-refractivity contribution in [2.75, 3.05) is 20.1 Å². The number of likely N-dealkylation sites (N-methyl/N-ethyl adjacent to an activating group) is 1. The zero-order valence-electron chi connectivity index (χ0n) is 17.9. The van der Waals surface area contributed by atoms with Gasteiger partial charge in [0.1, 0.15) is 6.04 Å². The molecule has 3 N–H and O–H groups in total. The van der Waals surface area contributed by atoms with Crippen LogP contribution < -0.4 is 10.6 Å². The molecule has 156 valence electrons. The van der Waals surface area contributed by atoms with Crippen LogP contribution in [0.15, 0.2) is 11.6 Å². The highest BCUT2D eigenvalue weighted by Crippen LogP contribution is 2.17. The predicted molar refractivity (Wildman–Crippen MR) is 107 cm³/mol. The summed E-state index contributed by atoms with van der Waals surface area (Å²) in [6, 6.07) is -0.665. The summed E-state index contributed by atoms with van der Waals surface area (Å²) in [5.41, 5.74) is -0.513. The maximum absolute atomic E-state index is 13.0. The van der Waals surface area contributed by atoms with Crippen LogP contribution in [0.1, 0.15) is 60.8 Å². The van der Waals surface area contributed by atoms with Crippen LogP contribution in [0.25, 0.3) is 0 Å². The molecule has 7 nitrogen and oxygen atoms in total. The average Bonchev–Trinajstić information content (AvgIpc) is 2.63. The first-order valence-corrected chi connectivity index (χ1v) is 9.77. The number of carboxylic acids is 1. The van der Waals surface area contributed by atoms with Crippen molar-refractivity contribution in [2.24, 2.45) is 5.92 Å². The fourth-order valence-electron chi connectivity index (χ4n) is 2.75. The summed E-state index contributed by atoms with van der Waals surface area (Å²) in [5.74, 6) is -1.50. The monoisotopic (exact) mass is 383 g/mol. The highest BCUT2D eigenvalue weighted by atomic mass is 16.4. The molecule has 0 radical (unpaired) electrons. The van der Waals surface area contributed by atoms with E-state index in [0.29, 0.717) is 12.8 Å². The van der Waals surface area contributed by atoms with Gasteiger partial charge >= 0.3 is 5.97 Å². The molecule has 0 rings (SSSR count). The number of hydrogen-bond acceptors (Lipinski definition) is 4. The molecule has 1 unspecified atom stereocenters. The highest BCUT2D eigenvalue weighted by Gasteiger charge is 2.37. The van der Waals surface area contributed by atoms with E-state index in [1.54, 1.807) is 7.05 Å². The zero-order valence-corrected chi connectivity index (χ0v) is 17.9. The normalized spacial score (nSPS) is 13.4. The van der Waals surface area contributed by atoms with Gasteiger partial charge < -0.3 is 20.6 Å². The molecule has 0 aromatic rings. The largest absolute Gasteiger partial charge is 0.478 e. The van der Waals surface area contributed by atoms with E-state index in [-0.39, 0.29) is 29.9 Å². The number of carbonyl (C=O) groups excluding carboxylic acids is 2. The second-order valence-electron chi connectivity index (χ2n) is 7.32. The Labute approximate surface area is 163 Å². The van der Waals surface area contributed by atoms with E-state index in [0.717, 1.165) is 13.0 Å². The van der Waals surface area contributed by atoms with Crippen LogP contribution in [0.5, 0.6) is 0 Å². The van der Waals surface area contributed by atoms with Crippen LogP contribution in [-0.2, 0) is 14.4 Å². The Morgan fingerprint density at radius 2 is 1.70 bits per heavy atom. The first-order valence-electron chi connectivity index (χ1n) is 9.77. The fraction of sp³-hybridized carbons (Fsp3) is 0.750. The number of aliphatic carboxylic acids is 1. The summed E-state index contributed by atoms with van der Waals surface area (Å²) in [5, 5.41) is 15.2. The van der Waals surface area contributed by atoms with Crippen molar-refractivity contribution in [3.05, 3.63) is 11.6 Å². The Kier molecular flexibility index (Phi) is 10.9. The van der Waals surface area contributed by atoms with E-state index in [1.165, 1.54) is 17.9 Å². The number of amides is 2. The summed E-state index contributed by atoms with van der Waals surface area (Å²) in [4.78, 5) is 38.2. The summed E-state index contributed by atoms with van der Waals surface area (Å²) >= 11 is 0. The van der Waals surface area contributed by atoms with Crippen LogP contribution in [0.2, 0.25) is 0 Å². The standard InChI is InChI=1S/C20H37N3O4/c1-8-12-21-20(9-2,10-3)19(27)22-16(14(4)5)17(24)23(7)13-11-15(6)18(25)26/h11,14,16,21H,8-10,12-13H2,1-7H3,(H,22,27)(H,25,26)/b15-11+. The van der Waals surface area contributed by atoms with Crippen molar-refractivity contribution in [2.45, 2.75) is 72.4 Å². The van der Waals surface area contributed by atoms with Gasteiger partial charge in [0.25, 0.3) is 0 Å². The van der Waals surface area contributed by atoms with Crippen molar-refractivity contribution in [1.29, 1.82) is 0 Å². The molecule has 2 amide bonds. The Bertz CT molecular complexity index is 539. The number of hydrogen-bond donors (Lipinski definition) is 3. The van der Waals surface area contributed by atoms with Crippen LogP contribution in [0.4, 0.5) is 0 Å². The maximum Gasteiger partial charge on any atom is 0.331 e. The predicted octanol–water partition coefficient (Wildman–Crippen LogP) is 2.17. The van der Waals surface area contributed by atoms with E-state index in [2.05, 4.69) is 10.6 Å².